The fourth-order valence-electron chi connectivity index (χ4n) is 3.62. The van der Waals surface area contributed by atoms with Crippen molar-refractivity contribution in [2.45, 2.75) is 20.8 Å². The van der Waals surface area contributed by atoms with Crippen LogP contribution in [0.25, 0.3) is 0 Å². The Morgan fingerprint density at radius 1 is 0.833 bits per heavy atom. The van der Waals surface area contributed by atoms with Gasteiger partial charge in [-0.3, -0.25) is 19.4 Å². The third-order valence-corrected chi connectivity index (χ3v) is 5.65. The van der Waals surface area contributed by atoms with E-state index in [0.717, 1.165) is 54.2 Å². The van der Waals surface area contributed by atoms with Gasteiger partial charge in [-0.2, -0.15) is 0 Å². The van der Waals surface area contributed by atoms with Gasteiger partial charge in [-0.25, -0.2) is 0 Å². The third-order valence-electron chi connectivity index (χ3n) is 5.42. The summed E-state index contributed by atoms with van der Waals surface area (Å²) in [4.78, 5) is 29.1. The van der Waals surface area contributed by atoms with Crippen LogP contribution in [0.4, 0.5) is 11.4 Å². The summed E-state index contributed by atoms with van der Waals surface area (Å²) in [6, 6.07) is 11.4. The highest BCUT2D eigenvalue weighted by molar-refractivity contribution is 6.31. The number of aryl methyl sites for hydroxylation is 3. The molecule has 1 aliphatic rings. The molecule has 2 N–H and O–H groups in total. The number of benzene rings is 2. The monoisotopic (exact) mass is 428 g/mol. The second-order valence-electron chi connectivity index (χ2n) is 7.87. The van der Waals surface area contributed by atoms with Crippen LogP contribution in [0.15, 0.2) is 36.4 Å². The van der Waals surface area contributed by atoms with Crippen LogP contribution in [0.3, 0.4) is 0 Å². The van der Waals surface area contributed by atoms with Gasteiger partial charge >= 0.3 is 0 Å². The summed E-state index contributed by atoms with van der Waals surface area (Å²) in [7, 11) is 0. The van der Waals surface area contributed by atoms with E-state index in [2.05, 4.69) is 20.4 Å². The zero-order chi connectivity index (χ0) is 21.7. The predicted octanol–water partition coefficient (Wildman–Crippen LogP) is 3.46. The van der Waals surface area contributed by atoms with Gasteiger partial charge in [0.2, 0.25) is 11.8 Å². The van der Waals surface area contributed by atoms with Crippen molar-refractivity contribution in [3.8, 4) is 0 Å². The summed E-state index contributed by atoms with van der Waals surface area (Å²) < 4.78 is 0. The van der Waals surface area contributed by atoms with Crippen LogP contribution in [-0.4, -0.2) is 60.9 Å². The lowest BCUT2D eigenvalue weighted by Gasteiger charge is -2.33. The van der Waals surface area contributed by atoms with Crippen molar-refractivity contribution in [1.82, 2.24) is 9.80 Å². The van der Waals surface area contributed by atoms with Crippen molar-refractivity contribution < 1.29 is 9.59 Å². The van der Waals surface area contributed by atoms with E-state index in [9.17, 15) is 9.59 Å². The molecular weight excluding hydrogens is 400 g/mol. The minimum Gasteiger partial charge on any atom is -0.325 e. The molecule has 2 aromatic carbocycles. The number of carbonyl (C=O) groups excluding carboxylic acids is 2. The van der Waals surface area contributed by atoms with Crippen LogP contribution in [0.1, 0.15) is 16.7 Å². The van der Waals surface area contributed by atoms with Crippen molar-refractivity contribution in [3.05, 3.63) is 58.1 Å². The molecule has 160 valence electrons. The number of halogens is 1. The molecule has 0 radical (unpaired) electrons. The number of hydrogen-bond acceptors (Lipinski definition) is 4. The SMILES string of the molecule is Cc1ccc(Cl)cc1NC(=O)CN1CCN(CC(=O)Nc2c(C)cccc2C)CC1. The molecule has 3 rings (SSSR count). The Morgan fingerprint density at radius 2 is 1.37 bits per heavy atom. The molecule has 0 aliphatic carbocycles. The lowest BCUT2D eigenvalue weighted by Crippen LogP contribution is -2.50. The van der Waals surface area contributed by atoms with E-state index in [4.69, 9.17) is 11.6 Å². The Kier molecular flexibility index (Phi) is 7.48. The fourth-order valence-corrected chi connectivity index (χ4v) is 3.79. The summed E-state index contributed by atoms with van der Waals surface area (Å²) in [5.41, 5.74) is 4.75. The number of anilines is 2. The van der Waals surface area contributed by atoms with Gasteiger partial charge in [0.25, 0.3) is 0 Å². The normalized spacial score (nSPS) is 15.1. The average molecular weight is 429 g/mol. The summed E-state index contributed by atoms with van der Waals surface area (Å²) in [6.07, 6.45) is 0. The van der Waals surface area contributed by atoms with Gasteiger partial charge in [0.05, 0.1) is 13.1 Å². The number of para-hydroxylation sites is 1. The lowest BCUT2D eigenvalue weighted by molar-refractivity contribution is -0.120. The highest BCUT2D eigenvalue weighted by atomic mass is 35.5. The largest absolute Gasteiger partial charge is 0.325 e. The quantitative estimate of drug-likeness (QED) is 0.739. The van der Waals surface area contributed by atoms with E-state index in [0.29, 0.717) is 18.1 Å². The number of carbonyl (C=O) groups is 2. The molecule has 0 saturated carbocycles. The first-order valence-corrected chi connectivity index (χ1v) is 10.6. The minimum absolute atomic E-state index is 0.00461. The molecule has 6 nitrogen and oxygen atoms in total. The number of hydrogen-bond donors (Lipinski definition) is 2. The van der Waals surface area contributed by atoms with Crippen LogP contribution in [0, 0.1) is 20.8 Å². The maximum atomic E-state index is 12.5. The number of nitrogens with one attached hydrogen (secondary N) is 2. The van der Waals surface area contributed by atoms with Crippen LogP contribution >= 0.6 is 11.6 Å². The highest BCUT2D eigenvalue weighted by Gasteiger charge is 2.21. The van der Waals surface area contributed by atoms with Gasteiger partial charge in [-0.1, -0.05) is 35.9 Å². The number of nitrogens with zero attached hydrogens (tertiary/aromatic N) is 2. The Morgan fingerprint density at radius 3 is 1.93 bits per heavy atom. The number of piperazine rings is 1. The molecule has 0 atom stereocenters. The van der Waals surface area contributed by atoms with E-state index in [1.807, 2.05) is 51.1 Å². The average Bonchev–Trinajstić information content (AvgIpc) is 2.69. The Hall–Kier alpha value is -2.41. The molecule has 2 amide bonds. The minimum atomic E-state index is -0.0541. The summed E-state index contributed by atoms with van der Waals surface area (Å²) in [6.45, 7) is 9.62. The zero-order valence-corrected chi connectivity index (χ0v) is 18.6. The molecule has 1 saturated heterocycles. The predicted molar refractivity (Wildman–Crippen MR) is 122 cm³/mol. The zero-order valence-electron chi connectivity index (χ0n) is 17.8. The van der Waals surface area contributed by atoms with Gasteiger partial charge < -0.3 is 10.6 Å². The van der Waals surface area contributed by atoms with Gasteiger partial charge in [0, 0.05) is 42.6 Å². The van der Waals surface area contributed by atoms with Crippen LogP contribution in [0.2, 0.25) is 5.02 Å². The van der Waals surface area contributed by atoms with E-state index < -0.39 is 0 Å². The van der Waals surface area contributed by atoms with Gasteiger partial charge in [0.15, 0.2) is 0 Å². The summed E-state index contributed by atoms with van der Waals surface area (Å²) in [5, 5.41) is 6.57. The smallest absolute Gasteiger partial charge is 0.238 e. The van der Waals surface area contributed by atoms with Crippen molar-refractivity contribution in [1.29, 1.82) is 0 Å². The Bertz CT molecular complexity index is 903. The van der Waals surface area contributed by atoms with Crippen molar-refractivity contribution >= 4 is 34.8 Å². The molecule has 0 unspecified atom stereocenters. The van der Waals surface area contributed by atoms with Crippen molar-refractivity contribution in [2.75, 3.05) is 49.9 Å². The summed E-state index contributed by atoms with van der Waals surface area (Å²) >= 11 is 6.02. The number of rotatable bonds is 6. The molecule has 1 heterocycles. The first kappa shape index (κ1) is 22.3. The molecule has 1 aliphatic heterocycles. The van der Waals surface area contributed by atoms with E-state index in [1.54, 1.807) is 6.07 Å². The number of amides is 2. The van der Waals surface area contributed by atoms with Crippen molar-refractivity contribution in [2.24, 2.45) is 0 Å². The fraction of sp³-hybridized carbons (Fsp3) is 0.391. The van der Waals surface area contributed by atoms with Crippen LogP contribution in [0.5, 0.6) is 0 Å². The standard InChI is InChI=1S/C23H29ClN4O2/c1-16-7-8-19(24)13-20(16)25-21(29)14-27-9-11-28(12-10-27)15-22(30)26-23-17(2)5-4-6-18(23)3/h4-8,13H,9-12,14-15H2,1-3H3,(H,25,29)(H,26,30). The van der Waals surface area contributed by atoms with Crippen LogP contribution in [-0.2, 0) is 9.59 Å². The molecule has 2 aromatic rings. The second-order valence-corrected chi connectivity index (χ2v) is 8.31. The van der Waals surface area contributed by atoms with Crippen LogP contribution < -0.4 is 10.6 Å². The van der Waals surface area contributed by atoms with Crippen molar-refractivity contribution in [3.63, 3.8) is 0 Å². The lowest BCUT2D eigenvalue weighted by atomic mass is 10.1. The van der Waals surface area contributed by atoms with Gasteiger partial charge in [0.1, 0.15) is 0 Å². The maximum absolute atomic E-state index is 12.5. The van der Waals surface area contributed by atoms with Gasteiger partial charge in [-0.15, -0.1) is 0 Å². The first-order valence-electron chi connectivity index (χ1n) is 10.2. The summed E-state index contributed by atoms with van der Waals surface area (Å²) in [5.74, 6) is -0.0587. The third kappa shape index (κ3) is 6.05. The van der Waals surface area contributed by atoms with E-state index in [1.165, 1.54) is 0 Å². The second kappa shape index (κ2) is 10.1. The molecule has 30 heavy (non-hydrogen) atoms. The van der Waals surface area contributed by atoms with E-state index >= 15 is 0 Å². The molecule has 1 fully saturated rings. The Balaban J connectivity index is 1.44. The topological polar surface area (TPSA) is 64.7 Å². The molecular formula is C23H29ClN4O2. The first-order chi connectivity index (χ1) is 14.3. The maximum Gasteiger partial charge on any atom is 0.238 e. The van der Waals surface area contributed by atoms with Gasteiger partial charge in [-0.05, 0) is 49.6 Å². The molecule has 7 heteroatoms. The van der Waals surface area contributed by atoms with E-state index in [-0.39, 0.29) is 11.8 Å². The highest BCUT2D eigenvalue weighted by Crippen LogP contribution is 2.21. The molecule has 0 bridgehead atoms. The molecule has 0 aromatic heterocycles. The Labute approximate surface area is 183 Å². The molecule has 0 spiro atoms.